The van der Waals surface area contributed by atoms with Crippen LogP contribution in [-0.4, -0.2) is 58.1 Å². The van der Waals surface area contributed by atoms with Gasteiger partial charge in [-0.2, -0.15) is 4.72 Å². The van der Waals surface area contributed by atoms with Crippen molar-refractivity contribution < 1.29 is 22.3 Å². The minimum Gasteiger partial charge on any atom is -0.494 e. The minimum absolute atomic E-state index is 0.0837. The van der Waals surface area contributed by atoms with Gasteiger partial charge in [-0.3, -0.25) is 4.79 Å². The summed E-state index contributed by atoms with van der Waals surface area (Å²) in [6.07, 6.45) is 0.229. The Balaban J connectivity index is 1.51. The number of nitrogens with one attached hydrogen (secondary N) is 1. The van der Waals surface area contributed by atoms with E-state index in [1.54, 1.807) is 36.1 Å². The molecule has 1 saturated heterocycles. The third kappa shape index (κ3) is 6.67. The molecule has 0 bridgehead atoms. The third-order valence-electron chi connectivity index (χ3n) is 6.42. The van der Waals surface area contributed by atoms with Crippen LogP contribution in [0.15, 0.2) is 77.7 Å². The number of hydrogen-bond acceptors (Lipinski definition) is 5. The molecule has 0 saturated carbocycles. The lowest BCUT2D eigenvalue weighted by molar-refractivity contribution is -0.133. The summed E-state index contributed by atoms with van der Waals surface area (Å²) >= 11 is 0. The predicted octanol–water partition coefficient (Wildman–Crippen LogP) is 3.77. The van der Waals surface area contributed by atoms with E-state index >= 15 is 0 Å². The van der Waals surface area contributed by atoms with Crippen LogP contribution in [0.3, 0.4) is 0 Å². The van der Waals surface area contributed by atoms with Gasteiger partial charge in [-0.1, -0.05) is 30.3 Å². The molecule has 4 rings (SSSR count). The van der Waals surface area contributed by atoms with Crippen LogP contribution in [0.1, 0.15) is 18.1 Å². The van der Waals surface area contributed by atoms with E-state index in [9.17, 15) is 17.6 Å². The van der Waals surface area contributed by atoms with E-state index in [-0.39, 0.29) is 23.0 Å². The third-order valence-corrected chi connectivity index (χ3v) is 7.89. The first-order chi connectivity index (χ1) is 17.8. The number of benzene rings is 3. The largest absolute Gasteiger partial charge is 0.494 e. The number of halogens is 1. The topological polar surface area (TPSA) is 78.9 Å². The molecule has 7 nitrogen and oxygen atoms in total. The molecule has 1 N–H and O–H groups in total. The summed E-state index contributed by atoms with van der Waals surface area (Å²) in [5.74, 6) is 0.0579. The Morgan fingerprint density at radius 3 is 2.30 bits per heavy atom. The predicted molar refractivity (Wildman–Crippen MR) is 142 cm³/mol. The van der Waals surface area contributed by atoms with Gasteiger partial charge in [0.05, 0.1) is 11.5 Å². The van der Waals surface area contributed by atoms with Gasteiger partial charge < -0.3 is 14.5 Å². The second-order valence-electron chi connectivity index (χ2n) is 9.01. The highest BCUT2D eigenvalue weighted by Gasteiger charge is 2.31. The number of aryl methyl sites for hydroxylation is 1. The molecule has 1 aliphatic heterocycles. The van der Waals surface area contributed by atoms with Crippen LogP contribution in [0.25, 0.3) is 0 Å². The van der Waals surface area contributed by atoms with Crippen molar-refractivity contribution in [2.75, 3.05) is 37.7 Å². The van der Waals surface area contributed by atoms with E-state index in [2.05, 4.69) is 9.62 Å². The summed E-state index contributed by atoms with van der Waals surface area (Å²) in [5.41, 5.74) is 2.45. The normalized spacial score (nSPS) is 14.9. The lowest BCUT2D eigenvalue weighted by Gasteiger charge is -2.37. The van der Waals surface area contributed by atoms with E-state index in [1.807, 2.05) is 37.3 Å². The molecule has 196 valence electrons. The number of carbonyl (C=O) groups excluding carboxylic acids is 1. The maximum absolute atomic E-state index is 13.6. The fraction of sp³-hybridized carbons (Fsp3) is 0.321. The molecule has 0 spiro atoms. The Bertz CT molecular complexity index is 1310. The molecule has 1 atom stereocenters. The fourth-order valence-electron chi connectivity index (χ4n) is 4.45. The summed E-state index contributed by atoms with van der Waals surface area (Å²) < 4.78 is 48.2. The van der Waals surface area contributed by atoms with Crippen molar-refractivity contribution in [1.29, 1.82) is 0 Å². The second-order valence-corrected chi connectivity index (χ2v) is 10.7. The van der Waals surface area contributed by atoms with Crippen LogP contribution in [0.5, 0.6) is 5.75 Å². The SMILES string of the molecule is CCOc1ccc(S(=O)(=O)NC(Cc2ccccc2)C(=O)N2CCN(c3ccc(F)cc3)CC2)cc1C. The first-order valence-corrected chi connectivity index (χ1v) is 13.8. The van der Waals surface area contributed by atoms with Crippen molar-refractivity contribution in [3.05, 3.63) is 89.7 Å². The first kappa shape index (κ1) is 26.6. The van der Waals surface area contributed by atoms with Gasteiger partial charge in [0.25, 0.3) is 0 Å². The summed E-state index contributed by atoms with van der Waals surface area (Å²) in [7, 11) is -3.97. The number of amides is 1. The highest BCUT2D eigenvalue weighted by molar-refractivity contribution is 7.89. The molecule has 37 heavy (non-hydrogen) atoms. The molecule has 1 aliphatic rings. The zero-order valence-electron chi connectivity index (χ0n) is 21.1. The Morgan fingerprint density at radius 1 is 1.00 bits per heavy atom. The van der Waals surface area contributed by atoms with Crippen molar-refractivity contribution in [1.82, 2.24) is 9.62 Å². The number of rotatable bonds is 9. The lowest BCUT2D eigenvalue weighted by atomic mass is 10.1. The number of anilines is 1. The lowest BCUT2D eigenvalue weighted by Crippen LogP contribution is -2.55. The van der Waals surface area contributed by atoms with Crippen LogP contribution in [0.4, 0.5) is 10.1 Å². The maximum Gasteiger partial charge on any atom is 0.241 e. The average Bonchev–Trinajstić information content (AvgIpc) is 2.90. The zero-order chi connectivity index (χ0) is 26.4. The molecule has 0 radical (unpaired) electrons. The van der Waals surface area contributed by atoms with Gasteiger partial charge in [0, 0.05) is 31.9 Å². The van der Waals surface area contributed by atoms with Gasteiger partial charge in [-0.15, -0.1) is 0 Å². The molecule has 9 heteroatoms. The van der Waals surface area contributed by atoms with Crippen LogP contribution in [0.2, 0.25) is 0 Å². The molecule has 3 aromatic carbocycles. The minimum atomic E-state index is -3.97. The fourth-order valence-corrected chi connectivity index (χ4v) is 5.72. The standard InChI is InChI=1S/C28H32FN3O4S/c1-3-36-27-14-13-25(19-21(27)2)37(34,35)30-26(20-22-7-5-4-6-8-22)28(33)32-17-15-31(16-18-32)24-11-9-23(29)10-12-24/h4-14,19,26,30H,3,15-18,20H2,1-2H3. The smallest absolute Gasteiger partial charge is 0.241 e. The van der Waals surface area contributed by atoms with Crippen LogP contribution in [-0.2, 0) is 21.2 Å². The molecule has 0 aromatic heterocycles. The number of nitrogens with zero attached hydrogens (tertiary/aromatic N) is 2. The van der Waals surface area contributed by atoms with E-state index in [0.29, 0.717) is 44.1 Å². The van der Waals surface area contributed by atoms with Gasteiger partial charge >= 0.3 is 0 Å². The Labute approximate surface area is 217 Å². The van der Waals surface area contributed by atoms with Crippen molar-refractivity contribution in [3.8, 4) is 5.75 Å². The van der Waals surface area contributed by atoms with E-state index in [4.69, 9.17) is 4.74 Å². The zero-order valence-corrected chi connectivity index (χ0v) is 21.9. The van der Waals surface area contributed by atoms with E-state index < -0.39 is 16.1 Å². The Kier molecular flexibility index (Phi) is 8.45. The molecule has 0 aliphatic carbocycles. The summed E-state index contributed by atoms with van der Waals surface area (Å²) in [4.78, 5) is 17.5. The molecular formula is C28H32FN3O4S. The summed E-state index contributed by atoms with van der Waals surface area (Å²) in [6.45, 7) is 6.15. The average molecular weight is 526 g/mol. The molecule has 1 fully saturated rings. The molecular weight excluding hydrogens is 493 g/mol. The number of carbonyl (C=O) groups is 1. The second kappa shape index (κ2) is 11.7. The van der Waals surface area contributed by atoms with Gasteiger partial charge in [-0.25, -0.2) is 12.8 Å². The first-order valence-electron chi connectivity index (χ1n) is 12.4. The van der Waals surface area contributed by atoms with Crippen molar-refractivity contribution in [3.63, 3.8) is 0 Å². The molecule has 3 aromatic rings. The highest BCUT2D eigenvalue weighted by atomic mass is 32.2. The van der Waals surface area contributed by atoms with Crippen molar-refractivity contribution in [2.24, 2.45) is 0 Å². The van der Waals surface area contributed by atoms with Gasteiger partial charge in [-0.05, 0) is 73.9 Å². The molecule has 1 heterocycles. The number of hydrogen-bond donors (Lipinski definition) is 1. The Morgan fingerprint density at radius 2 is 1.68 bits per heavy atom. The van der Waals surface area contributed by atoms with Crippen LogP contribution in [0, 0.1) is 12.7 Å². The van der Waals surface area contributed by atoms with Crippen LogP contribution >= 0.6 is 0 Å². The molecule has 1 amide bonds. The van der Waals surface area contributed by atoms with Crippen LogP contribution < -0.4 is 14.4 Å². The van der Waals surface area contributed by atoms with E-state index in [0.717, 1.165) is 11.3 Å². The summed E-state index contributed by atoms with van der Waals surface area (Å²) in [6, 6.07) is 19.4. The highest BCUT2D eigenvalue weighted by Crippen LogP contribution is 2.23. The van der Waals surface area contributed by atoms with Gasteiger partial charge in [0.2, 0.25) is 15.9 Å². The number of piperazine rings is 1. The monoisotopic (exact) mass is 525 g/mol. The van der Waals surface area contributed by atoms with Gasteiger partial charge in [0.15, 0.2) is 0 Å². The summed E-state index contributed by atoms with van der Waals surface area (Å²) in [5, 5.41) is 0. The van der Waals surface area contributed by atoms with Gasteiger partial charge in [0.1, 0.15) is 17.6 Å². The van der Waals surface area contributed by atoms with E-state index in [1.165, 1.54) is 18.2 Å². The molecule has 1 unspecified atom stereocenters. The number of sulfonamides is 1. The maximum atomic E-state index is 13.6. The van der Waals surface area contributed by atoms with Crippen molar-refractivity contribution >= 4 is 21.6 Å². The number of ether oxygens (including phenoxy) is 1. The van der Waals surface area contributed by atoms with Crippen molar-refractivity contribution in [2.45, 2.75) is 31.2 Å². The quantitative estimate of drug-likeness (QED) is 0.460. The Hall–Kier alpha value is -3.43.